The van der Waals surface area contributed by atoms with Gasteiger partial charge < -0.3 is 4.74 Å². The molecule has 0 spiro atoms. The van der Waals surface area contributed by atoms with Crippen LogP contribution in [-0.2, 0) is 17.5 Å². The summed E-state index contributed by atoms with van der Waals surface area (Å²) in [7, 11) is 0. The Hall–Kier alpha value is -3.04. The number of rotatable bonds is 4. The number of amides is 1. The first-order valence-corrected chi connectivity index (χ1v) is 8.03. The average molecular weight is 399 g/mol. The minimum absolute atomic E-state index is 0.0947. The Morgan fingerprint density at radius 1 is 1.25 bits per heavy atom. The van der Waals surface area contributed by atoms with Crippen molar-refractivity contribution in [1.29, 1.82) is 0 Å². The van der Waals surface area contributed by atoms with Gasteiger partial charge in [0.15, 0.2) is 17.9 Å². The molecule has 0 saturated heterocycles. The Labute approximate surface area is 158 Å². The van der Waals surface area contributed by atoms with E-state index in [1.165, 1.54) is 0 Å². The first-order chi connectivity index (χ1) is 12.9. The Morgan fingerprint density at radius 2 is 1.93 bits per heavy atom. The number of carbonyl (C=O) groups is 2. The van der Waals surface area contributed by atoms with Gasteiger partial charge in [0.1, 0.15) is 5.60 Å². The molecule has 2 aromatic rings. The maximum Gasteiger partial charge on any atom is 0.416 e. The second-order valence-corrected chi connectivity index (χ2v) is 6.79. The predicted molar refractivity (Wildman–Crippen MR) is 91.2 cm³/mol. The predicted octanol–water partition coefficient (Wildman–Crippen LogP) is 4.39. The number of carbonyl (C=O) groups excluding carboxylic acids is 2. The number of aromatic nitrogens is 2. The van der Waals surface area contributed by atoms with Crippen LogP contribution in [0.4, 0.5) is 28.2 Å². The van der Waals surface area contributed by atoms with Crippen LogP contribution in [0.5, 0.6) is 0 Å². The normalized spacial score (nSPS) is 11.8. The molecule has 6 nitrogen and oxygen atoms in total. The zero-order valence-corrected chi connectivity index (χ0v) is 15.2. The fourth-order valence-corrected chi connectivity index (χ4v) is 2.25. The number of nitrogens with zero attached hydrogens (tertiary/aromatic N) is 3. The fourth-order valence-electron chi connectivity index (χ4n) is 2.25. The molecule has 0 fully saturated rings. The number of hydrogen-bond acceptors (Lipinski definition) is 5. The van der Waals surface area contributed by atoms with Crippen molar-refractivity contribution in [3.8, 4) is 0 Å². The molecule has 2 heterocycles. The zero-order valence-electron chi connectivity index (χ0n) is 15.2. The summed E-state index contributed by atoms with van der Waals surface area (Å²) in [4.78, 5) is 31.3. The molecule has 0 radical (unpaired) electrons. The third-order valence-corrected chi connectivity index (χ3v) is 3.39. The Bertz CT molecular complexity index is 879. The molecule has 2 aromatic heterocycles. The summed E-state index contributed by atoms with van der Waals surface area (Å²) >= 11 is 0. The number of pyridine rings is 2. The highest BCUT2D eigenvalue weighted by Gasteiger charge is 2.35. The van der Waals surface area contributed by atoms with E-state index in [2.05, 4.69) is 9.97 Å². The summed E-state index contributed by atoms with van der Waals surface area (Å²) in [5.41, 5.74) is -2.48. The van der Waals surface area contributed by atoms with E-state index in [-0.39, 0.29) is 11.1 Å². The van der Waals surface area contributed by atoms with Crippen LogP contribution in [0.25, 0.3) is 0 Å². The summed E-state index contributed by atoms with van der Waals surface area (Å²) in [5.74, 6) is -1.63. The van der Waals surface area contributed by atoms with Gasteiger partial charge in [0.25, 0.3) is 0 Å². The molecule has 0 unspecified atom stereocenters. The maximum atomic E-state index is 14.4. The first-order valence-electron chi connectivity index (χ1n) is 8.03. The molecule has 0 aliphatic carbocycles. The van der Waals surface area contributed by atoms with E-state index in [0.29, 0.717) is 11.2 Å². The molecule has 0 atom stereocenters. The van der Waals surface area contributed by atoms with Crippen LogP contribution in [0.3, 0.4) is 0 Å². The van der Waals surface area contributed by atoms with E-state index in [0.717, 1.165) is 30.7 Å². The maximum absolute atomic E-state index is 14.4. The van der Waals surface area contributed by atoms with Crippen LogP contribution in [0.15, 0.2) is 30.7 Å². The zero-order chi connectivity index (χ0) is 21.1. The van der Waals surface area contributed by atoms with Crippen molar-refractivity contribution in [1.82, 2.24) is 9.97 Å². The average Bonchev–Trinajstić information content (AvgIpc) is 2.58. The van der Waals surface area contributed by atoms with Crippen LogP contribution >= 0.6 is 0 Å². The fraction of sp³-hybridized carbons (Fsp3) is 0.333. The quantitative estimate of drug-likeness (QED) is 0.563. The molecular formula is C18H17F4N3O3. The lowest BCUT2D eigenvalue weighted by molar-refractivity contribution is -0.138. The van der Waals surface area contributed by atoms with E-state index >= 15 is 0 Å². The summed E-state index contributed by atoms with van der Waals surface area (Å²) < 4.78 is 59.4. The van der Waals surface area contributed by atoms with Gasteiger partial charge in [0, 0.05) is 29.7 Å². The second-order valence-electron chi connectivity index (χ2n) is 6.79. The van der Waals surface area contributed by atoms with Crippen molar-refractivity contribution < 1.29 is 31.9 Å². The number of hydrogen-bond donors (Lipinski definition) is 0. The third kappa shape index (κ3) is 5.24. The van der Waals surface area contributed by atoms with E-state index < -0.39 is 41.6 Å². The number of ether oxygens (including phenoxy) is 1. The van der Waals surface area contributed by atoms with Gasteiger partial charge in [0.2, 0.25) is 0 Å². The van der Waals surface area contributed by atoms with Gasteiger partial charge in [-0.1, -0.05) is 0 Å². The van der Waals surface area contributed by atoms with Crippen LogP contribution in [-0.4, -0.2) is 27.9 Å². The van der Waals surface area contributed by atoms with Gasteiger partial charge in [-0.2, -0.15) is 13.2 Å². The van der Waals surface area contributed by atoms with Gasteiger partial charge in [-0.05, 0) is 32.9 Å². The molecule has 150 valence electrons. The molecule has 28 heavy (non-hydrogen) atoms. The smallest absolute Gasteiger partial charge is 0.416 e. The Balaban J connectivity index is 2.52. The van der Waals surface area contributed by atoms with Crippen LogP contribution in [0, 0.1) is 5.82 Å². The molecule has 10 heteroatoms. The van der Waals surface area contributed by atoms with Crippen molar-refractivity contribution in [3.63, 3.8) is 0 Å². The first kappa shape index (κ1) is 21.3. The topological polar surface area (TPSA) is 72.4 Å². The molecule has 0 aliphatic rings. The highest BCUT2D eigenvalue weighted by Crippen LogP contribution is 2.33. The van der Waals surface area contributed by atoms with Crippen molar-refractivity contribution in [2.24, 2.45) is 0 Å². The molecular weight excluding hydrogens is 382 g/mol. The van der Waals surface area contributed by atoms with Crippen molar-refractivity contribution in [3.05, 3.63) is 53.2 Å². The summed E-state index contributed by atoms with van der Waals surface area (Å²) in [5, 5.41) is 0. The molecule has 0 aliphatic heterocycles. The van der Waals surface area contributed by atoms with Crippen molar-refractivity contribution in [2.45, 2.75) is 39.1 Å². The van der Waals surface area contributed by atoms with Crippen LogP contribution in [0.1, 0.15) is 42.3 Å². The Morgan fingerprint density at radius 3 is 2.46 bits per heavy atom. The van der Waals surface area contributed by atoms with E-state index in [4.69, 9.17) is 4.74 Å². The third-order valence-electron chi connectivity index (χ3n) is 3.39. The molecule has 1 amide bonds. The van der Waals surface area contributed by atoms with Gasteiger partial charge in [0.05, 0.1) is 12.1 Å². The van der Waals surface area contributed by atoms with E-state index in [9.17, 15) is 27.2 Å². The summed E-state index contributed by atoms with van der Waals surface area (Å²) in [6.07, 6.45) is -2.57. The lowest BCUT2D eigenvalue weighted by Crippen LogP contribution is -2.38. The van der Waals surface area contributed by atoms with Gasteiger partial charge in [-0.15, -0.1) is 0 Å². The number of halogens is 4. The van der Waals surface area contributed by atoms with Crippen LogP contribution < -0.4 is 4.90 Å². The SMILES string of the molecule is CC(C)(C)OC(=O)N(Cc1cnccc1C(F)(F)F)c1ncc(C=O)cc1F. The van der Waals surface area contributed by atoms with Crippen LogP contribution in [0.2, 0.25) is 0 Å². The van der Waals surface area contributed by atoms with E-state index in [1.54, 1.807) is 20.8 Å². The standard InChI is InChI=1S/C18H17F4N3O3/c1-17(2,3)28-16(27)25(15-14(19)6-11(10-26)7-24-15)9-12-8-23-5-4-13(12)18(20,21)22/h4-8,10H,9H2,1-3H3. The molecule has 0 bridgehead atoms. The van der Waals surface area contributed by atoms with Gasteiger partial charge in [-0.25, -0.2) is 14.2 Å². The highest BCUT2D eigenvalue weighted by molar-refractivity contribution is 5.87. The minimum Gasteiger partial charge on any atom is -0.443 e. The monoisotopic (exact) mass is 399 g/mol. The molecule has 0 saturated carbocycles. The lowest BCUT2D eigenvalue weighted by atomic mass is 10.1. The van der Waals surface area contributed by atoms with Crippen molar-refractivity contribution >= 4 is 18.2 Å². The number of aldehydes is 1. The number of alkyl halides is 3. The molecule has 0 N–H and O–H groups in total. The van der Waals surface area contributed by atoms with Gasteiger partial charge >= 0.3 is 12.3 Å². The second kappa shape index (κ2) is 7.91. The van der Waals surface area contributed by atoms with Crippen molar-refractivity contribution in [2.75, 3.05) is 4.90 Å². The summed E-state index contributed by atoms with van der Waals surface area (Å²) in [6.45, 7) is 3.96. The molecule has 2 rings (SSSR count). The van der Waals surface area contributed by atoms with Gasteiger partial charge in [-0.3, -0.25) is 14.7 Å². The summed E-state index contributed by atoms with van der Waals surface area (Å²) in [6, 6.07) is 1.57. The highest BCUT2D eigenvalue weighted by atomic mass is 19.4. The Kier molecular flexibility index (Phi) is 6.01. The largest absolute Gasteiger partial charge is 0.443 e. The minimum atomic E-state index is -4.70. The lowest BCUT2D eigenvalue weighted by Gasteiger charge is -2.27. The van der Waals surface area contributed by atoms with E-state index in [1.807, 2.05) is 0 Å². The number of anilines is 1. The molecule has 0 aromatic carbocycles.